The molecule has 1 fully saturated rings. The molecular weight excluding hydrogens is 485 g/mol. The molecule has 3 amide bonds. The van der Waals surface area contributed by atoms with E-state index in [4.69, 9.17) is 27.8 Å². The van der Waals surface area contributed by atoms with E-state index >= 15 is 0 Å². The van der Waals surface area contributed by atoms with Crippen molar-refractivity contribution in [3.63, 3.8) is 0 Å². The highest BCUT2D eigenvalue weighted by Gasteiger charge is 2.53. The Bertz CT molecular complexity index is 1320. The fourth-order valence-electron chi connectivity index (χ4n) is 5.54. The number of carbonyl (C=O) groups excluding carboxylic acids is 2. The fraction of sp³-hybridized carbons (Fsp3) is 0.346. The first-order valence-corrected chi connectivity index (χ1v) is 12.1. The van der Waals surface area contributed by atoms with Gasteiger partial charge in [-0.25, -0.2) is 9.18 Å². The van der Waals surface area contributed by atoms with E-state index in [-0.39, 0.29) is 16.7 Å². The van der Waals surface area contributed by atoms with Gasteiger partial charge in [0.25, 0.3) is 5.91 Å². The quantitative estimate of drug-likeness (QED) is 0.514. The fourth-order valence-corrected chi connectivity index (χ4v) is 5.72. The van der Waals surface area contributed by atoms with Gasteiger partial charge in [0.15, 0.2) is 0 Å². The largest absolute Gasteiger partial charge is 0.373 e. The van der Waals surface area contributed by atoms with Crippen LogP contribution in [-0.4, -0.2) is 39.3 Å². The molecule has 0 spiro atoms. The standard InChI is InChI=1S/C26H27ClFN5O3/c1-26(12-17(13-26)36-14-15-5-3-2-4-6-15)23-22-20(24(29)34)21(16-7-8-19(28)18(27)11-16)31-33(22)10-9-32(23)25(30)35/h2-8,11,17,23H,9-10,12-14H2,1H3,(H2,29,34)(H2,30,35). The van der Waals surface area contributed by atoms with Gasteiger partial charge in [-0.05, 0) is 42.0 Å². The molecule has 2 aromatic carbocycles. The van der Waals surface area contributed by atoms with Crippen LogP contribution in [0.5, 0.6) is 0 Å². The number of fused-ring (bicyclic) bond motifs is 1. The second kappa shape index (κ2) is 9.22. The van der Waals surface area contributed by atoms with Crippen LogP contribution in [0.25, 0.3) is 11.3 Å². The number of aromatic nitrogens is 2. The van der Waals surface area contributed by atoms with Crippen molar-refractivity contribution in [3.05, 3.63) is 76.2 Å². The van der Waals surface area contributed by atoms with Crippen LogP contribution in [0.1, 0.15) is 47.4 Å². The number of rotatable bonds is 6. The maximum Gasteiger partial charge on any atom is 0.315 e. The molecule has 2 heterocycles. The third-order valence-corrected chi connectivity index (χ3v) is 7.50. The van der Waals surface area contributed by atoms with Gasteiger partial charge >= 0.3 is 6.03 Å². The molecule has 4 N–H and O–H groups in total. The molecule has 1 saturated carbocycles. The smallest absolute Gasteiger partial charge is 0.315 e. The van der Waals surface area contributed by atoms with Crippen molar-refractivity contribution in [2.24, 2.45) is 16.9 Å². The monoisotopic (exact) mass is 511 g/mol. The Hall–Kier alpha value is -3.43. The molecule has 1 unspecified atom stereocenters. The Morgan fingerprint density at radius 1 is 1.17 bits per heavy atom. The molecule has 0 saturated heterocycles. The summed E-state index contributed by atoms with van der Waals surface area (Å²) in [6, 6.07) is 12.9. The number of ether oxygens (including phenoxy) is 1. The van der Waals surface area contributed by atoms with Gasteiger partial charge in [-0.1, -0.05) is 48.9 Å². The first kappa shape index (κ1) is 24.3. The number of nitrogens with two attached hydrogens (primary N) is 2. The van der Waals surface area contributed by atoms with Crippen LogP contribution in [0.4, 0.5) is 9.18 Å². The summed E-state index contributed by atoms with van der Waals surface area (Å²) in [7, 11) is 0. The molecule has 0 radical (unpaired) electrons. The van der Waals surface area contributed by atoms with E-state index in [9.17, 15) is 14.0 Å². The van der Waals surface area contributed by atoms with Gasteiger partial charge < -0.3 is 21.1 Å². The molecule has 188 valence electrons. The van der Waals surface area contributed by atoms with Gasteiger partial charge in [0.05, 0.1) is 41.6 Å². The molecular formula is C26H27ClFN5O3. The van der Waals surface area contributed by atoms with Gasteiger partial charge in [0.1, 0.15) is 11.5 Å². The number of hydrogen-bond acceptors (Lipinski definition) is 4. The summed E-state index contributed by atoms with van der Waals surface area (Å²) >= 11 is 6.00. The van der Waals surface area contributed by atoms with Crippen LogP contribution in [0.3, 0.4) is 0 Å². The lowest BCUT2D eigenvalue weighted by Gasteiger charge is -2.54. The number of carbonyl (C=O) groups is 2. The summed E-state index contributed by atoms with van der Waals surface area (Å²) in [5.74, 6) is -1.27. The van der Waals surface area contributed by atoms with Crippen molar-refractivity contribution < 1.29 is 18.7 Å². The Labute approximate surface area is 213 Å². The topological polar surface area (TPSA) is 116 Å². The van der Waals surface area contributed by atoms with E-state index in [1.54, 1.807) is 9.58 Å². The minimum atomic E-state index is -0.692. The molecule has 1 aliphatic carbocycles. The highest BCUT2D eigenvalue weighted by atomic mass is 35.5. The zero-order chi connectivity index (χ0) is 25.6. The highest BCUT2D eigenvalue weighted by Crippen LogP contribution is 2.55. The van der Waals surface area contributed by atoms with Crippen LogP contribution < -0.4 is 11.5 Å². The van der Waals surface area contributed by atoms with Gasteiger partial charge in [-0.3, -0.25) is 9.48 Å². The zero-order valence-electron chi connectivity index (χ0n) is 19.8. The van der Waals surface area contributed by atoms with Gasteiger partial charge in [-0.15, -0.1) is 0 Å². The van der Waals surface area contributed by atoms with Crippen LogP contribution in [0.2, 0.25) is 5.02 Å². The average molecular weight is 512 g/mol. The lowest BCUT2D eigenvalue weighted by atomic mass is 9.61. The first-order valence-electron chi connectivity index (χ1n) is 11.8. The molecule has 0 bridgehead atoms. The van der Waals surface area contributed by atoms with Gasteiger partial charge in [0, 0.05) is 12.1 Å². The first-order chi connectivity index (χ1) is 17.2. The third-order valence-electron chi connectivity index (χ3n) is 7.21. The minimum Gasteiger partial charge on any atom is -0.373 e. The number of hydrogen-bond donors (Lipinski definition) is 2. The zero-order valence-corrected chi connectivity index (χ0v) is 20.5. The summed E-state index contributed by atoms with van der Waals surface area (Å²) < 4.78 is 21.6. The van der Waals surface area contributed by atoms with E-state index in [1.165, 1.54) is 18.2 Å². The van der Waals surface area contributed by atoms with E-state index in [0.29, 0.717) is 49.5 Å². The van der Waals surface area contributed by atoms with Crippen molar-refractivity contribution >= 4 is 23.5 Å². The molecule has 8 nitrogen and oxygen atoms in total. The molecule has 1 aromatic heterocycles. The van der Waals surface area contributed by atoms with E-state index < -0.39 is 29.2 Å². The number of amides is 3. The maximum atomic E-state index is 13.8. The number of primary amides is 2. The van der Waals surface area contributed by atoms with Crippen LogP contribution >= 0.6 is 11.6 Å². The lowest BCUT2D eigenvalue weighted by molar-refractivity contribution is -0.115. The van der Waals surface area contributed by atoms with Crippen molar-refractivity contribution in [1.82, 2.24) is 14.7 Å². The van der Waals surface area contributed by atoms with Crippen LogP contribution in [0.15, 0.2) is 48.5 Å². The Balaban J connectivity index is 1.50. The summed E-state index contributed by atoms with van der Waals surface area (Å²) in [6.07, 6.45) is 1.32. The summed E-state index contributed by atoms with van der Waals surface area (Å²) in [5.41, 5.74) is 13.8. The predicted octanol–water partition coefficient (Wildman–Crippen LogP) is 4.26. The molecule has 5 rings (SSSR count). The second-order valence-corrected chi connectivity index (χ2v) is 10.1. The van der Waals surface area contributed by atoms with E-state index in [1.807, 2.05) is 30.3 Å². The second-order valence-electron chi connectivity index (χ2n) is 9.74. The summed E-state index contributed by atoms with van der Waals surface area (Å²) in [5, 5.41) is 4.56. The Morgan fingerprint density at radius 3 is 2.53 bits per heavy atom. The minimum absolute atomic E-state index is 0.00404. The molecule has 1 aliphatic heterocycles. The van der Waals surface area contributed by atoms with E-state index in [2.05, 4.69) is 12.0 Å². The third kappa shape index (κ3) is 4.22. The molecule has 2 aliphatic rings. The predicted molar refractivity (Wildman–Crippen MR) is 133 cm³/mol. The summed E-state index contributed by atoms with van der Waals surface area (Å²) in [6.45, 7) is 3.22. The molecule has 3 aromatic rings. The van der Waals surface area contributed by atoms with Crippen molar-refractivity contribution in [3.8, 4) is 11.3 Å². The highest BCUT2D eigenvalue weighted by molar-refractivity contribution is 6.31. The number of urea groups is 1. The Morgan fingerprint density at radius 2 is 1.89 bits per heavy atom. The summed E-state index contributed by atoms with van der Waals surface area (Å²) in [4.78, 5) is 26.8. The van der Waals surface area contributed by atoms with E-state index in [0.717, 1.165) is 5.56 Å². The van der Waals surface area contributed by atoms with Crippen molar-refractivity contribution in [2.75, 3.05) is 6.54 Å². The molecule has 1 atom stereocenters. The Kier molecular flexibility index (Phi) is 6.22. The molecule has 36 heavy (non-hydrogen) atoms. The van der Waals surface area contributed by atoms with Gasteiger partial charge in [-0.2, -0.15) is 5.10 Å². The van der Waals surface area contributed by atoms with Crippen molar-refractivity contribution in [2.45, 2.75) is 45.1 Å². The van der Waals surface area contributed by atoms with Crippen molar-refractivity contribution in [1.29, 1.82) is 0 Å². The van der Waals surface area contributed by atoms with Crippen LogP contribution in [0, 0.1) is 11.2 Å². The van der Waals surface area contributed by atoms with Gasteiger partial charge in [0.2, 0.25) is 0 Å². The molecule has 10 heteroatoms. The average Bonchev–Trinajstić information content (AvgIpc) is 3.22. The number of nitrogens with zero attached hydrogens (tertiary/aromatic N) is 3. The normalized spacial score (nSPS) is 23.1. The number of benzene rings is 2. The van der Waals surface area contributed by atoms with Crippen LogP contribution in [-0.2, 0) is 17.9 Å². The lowest BCUT2D eigenvalue weighted by Crippen LogP contribution is -2.56. The SMILES string of the molecule is CC1(C2c3c(C(N)=O)c(-c4ccc(F)c(Cl)c4)nn3CCN2C(N)=O)CC(OCc2ccccc2)C1. The number of halogens is 2. The maximum absolute atomic E-state index is 13.8.